The number of primary sulfonamides is 1. The molecule has 0 aliphatic carbocycles. The predicted molar refractivity (Wildman–Crippen MR) is 114 cm³/mol. The molecule has 172 valence electrons. The van der Waals surface area contributed by atoms with Gasteiger partial charge in [0, 0.05) is 12.0 Å². The smallest absolute Gasteiger partial charge is 0.370 e. The Morgan fingerprint density at radius 3 is 2.03 bits per heavy atom. The number of nitrogens with two attached hydrogens (primary N) is 2. The summed E-state index contributed by atoms with van der Waals surface area (Å²) in [6, 6.07) is 13.1. The van der Waals surface area contributed by atoms with Crippen molar-refractivity contribution in [1.82, 2.24) is 9.78 Å². The van der Waals surface area contributed by atoms with Crippen LogP contribution in [0.15, 0.2) is 59.5 Å². The number of carbonyl (C=O) groups is 1. The highest BCUT2D eigenvalue weighted by atomic mass is 32.2. The fourth-order valence-electron chi connectivity index (χ4n) is 2.67. The lowest BCUT2D eigenvalue weighted by Crippen LogP contribution is -2.12. The van der Waals surface area contributed by atoms with E-state index in [0.717, 1.165) is 22.7 Å². The number of hydrogen-bond donors (Lipinski definition) is 2. The second-order valence-electron chi connectivity index (χ2n) is 6.95. The number of rotatable bonds is 5. The Labute approximate surface area is 183 Å². The minimum absolute atomic E-state index is 0.138. The first-order valence-corrected chi connectivity index (χ1v) is 11.0. The number of halogens is 3. The average molecular weight is 469 g/mol. The summed E-state index contributed by atoms with van der Waals surface area (Å²) in [4.78, 5) is 9.68. The molecule has 1 amide bonds. The highest BCUT2D eigenvalue weighted by molar-refractivity contribution is 7.89. The van der Waals surface area contributed by atoms with Gasteiger partial charge in [0.25, 0.3) is 0 Å². The molecule has 11 heteroatoms. The Morgan fingerprint density at radius 2 is 1.62 bits per heavy atom. The number of hydrogen-bond acceptors (Lipinski definition) is 4. The van der Waals surface area contributed by atoms with Gasteiger partial charge in [0.15, 0.2) is 5.69 Å². The third kappa shape index (κ3) is 6.66. The topological polar surface area (TPSA) is 121 Å². The van der Waals surface area contributed by atoms with E-state index in [1.165, 1.54) is 24.3 Å². The van der Waals surface area contributed by atoms with Crippen LogP contribution >= 0.6 is 0 Å². The van der Waals surface area contributed by atoms with Crippen LogP contribution in [-0.2, 0) is 21.0 Å². The Bertz CT molecular complexity index is 1170. The molecule has 0 spiro atoms. The minimum atomic E-state index is -4.61. The Balaban J connectivity index is 0.000000534. The SMILES string of the molecule is CCCC(N)=O.Cc1ccc(-c2cc(C(F)(F)F)nn2-c2ccc(S(N)(=O)=O)cc2)cc1. The summed E-state index contributed by atoms with van der Waals surface area (Å²) in [5.74, 6) is -0.211. The maximum Gasteiger partial charge on any atom is 0.435 e. The zero-order valence-electron chi connectivity index (χ0n) is 17.4. The Morgan fingerprint density at radius 1 is 1.06 bits per heavy atom. The molecule has 1 aromatic heterocycles. The van der Waals surface area contributed by atoms with Crippen molar-refractivity contribution in [3.05, 3.63) is 65.9 Å². The van der Waals surface area contributed by atoms with E-state index in [1.54, 1.807) is 24.3 Å². The van der Waals surface area contributed by atoms with Gasteiger partial charge in [-0.15, -0.1) is 0 Å². The van der Waals surface area contributed by atoms with Gasteiger partial charge in [-0.05, 0) is 43.7 Å². The van der Waals surface area contributed by atoms with Crippen molar-refractivity contribution in [3.8, 4) is 16.9 Å². The fraction of sp³-hybridized carbons (Fsp3) is 0.238. The van der Waals surface area contributed by atoms with Gasteiger partial charge in [-0.1, -0.05) is 36.8 Å². The quantitative estimate of drug-likeness (QED) is 0.592. The molecule has 0 aliphatic heterocycles. The molecule has 0 saturated carbocycles. The van der Waals surface area contributed by atoms with Gasteiger partial charge in [0.05, 0.1) is 16.3 Å². The number of nitrogens with zero attached hydrogens (tertiary/aromatic N) is 2. The summed E-state index contributed by atoms with van der Waals surface area (Å²) in [5.41, 5.74) is 5.76. The second-order valence-corrected chi connectivity index (χ2v) is 8.51. The molecule has 0 aliphatic rings. The maximum absolute atomic E-state index is 13.1. The number of benzene rings is 2. The summed E-state index contributed by atoms with van der Waals surface area (Å²) in [5, 5.41) is 8.70. The molecule has 1 heterocycles. The van der Waals surface area contributed by atoms with Gasteiger partial charge in [-0.2, -0.15) is 18.3 Å². The van der Waals surface area contributed by atoms with E-state index in [4.69, 9.17) is 10.9 Å². The Kier molecular flexibility index (Phi) is 7.81. The average Bonchev–Trinajstić information content (AvgIpc) is 3.14. The van der Waals surface area contributed by atoms with Gasteiger partial charge in [0.1, 0.15) is 0 Å². The van der Waals surface area contributed by atoms with Crippen LogP contribution in [0.4, 0.5) is 13.2 Å². The van der Waals surface area contributed by atoms with Crippen LogP contribution in [0, 0.1) is 6.92 Å². The fourth-order valence-corrected chi connectivity index (χ4v) is 3.19. The second kappa shape index (κ2) is 9.96. The molecule has 0 bridgehead atoms. The third-order valence-electron chi connectivity index (χ3n) is 4.25. The van der Waals surface area contributed by atoms with Crippen molar-refractivity contribution >= 4 is 15.9 Å². The molecule has 0 radical (unpaired) electrons. The highest BCUT2D eigenvalue weighted by Gasteiger charge is 2.35. The first-order valence-electron chi connectivity index (χ1n) is 9.48. The monoisotopic (exact) mass is 468 g/mol. The predicted octanol–water partition coefficient (Wildman–Crippen LogP) is 3.79. The van der Waals surface area contributed by atoms with Gasteiger partial charge in [-0.3, -0.25) is 4.79 Å². The summed E-state index contributed by atoms with van der Waals surface area (Å²) in [6.07, 6.45) is -3.24. The van der Waals surface area contributed by atoms with E-state index in [0.29, 0.717) is 12.0 Å². The number of amides is 1. The number of alkyl halides is 3. The standard InChI is InChI=1S/C17H14F3N3O2S.C4H9NO/c1-11-2-4-12(5-3-11)15-10-16(17(18,19)20)22-23(15)13-6-8-14(9-7-13)26(21,24)25;1-2-3-4(5)6/h2-10H,1H3,(H2,21,24,25);2-3H2,1H3,(H2,5,6). The van der Waals surface area contributed by atoms with E-state index in [2.05, 4.69) is 5.10 Å². The molecule has 0 saturated heterocycles. The normalized spacial score (nSPS) is 11.6. The molecule has 0 unspecified atom stereocenters. The number of aryl methyl sites for hydroxylation is 1. The van der Waals surface area contributed by atoms with Gasteiger partial charge in [-0.25, -0.2) is 18.2 Å². The number of primary amides is 1. The zero-order valence-corrected chi connectivity index (χ0v) is 18.2. The maximum atomic E-state index is 13.1. The van der Waals surface area contributed by atoms with Crippen molar-refractivity contribution in [2.24, 2.45) is 10.9 Å². The molecule has 32 heavy (non-hydrogen) atoms. The summed E-state index contributed by atoms with van der Waals surface area (Å²) in [6.45, 7) is 3.79. The summed E-state index contributed by atoms with van der Waals surface area (Å²) in [7, 11) is -3.90. The van der Waals surface area contributed by atoms with Gasteiger partial charge >= 0.3 is 6.18 Å². The molecule has 0 atom stereocenters. The van der Waals surface area contributed by atoms with E-state index in [-0.39, 0.29) is 22.2 Å². The van der Waals surface area contributed by atoms with Crippen LogP contribution in [0.5, 0.6) is 0 Å². The molecule has 7 nitrogen and oxygen atoms in total. The molecule has 3 rings (SSSR count). The lowest BCUT2D eigenvalue weighted by molar-refractivity contribution is -0.141. The van der Waals surface area contributed by atoms with Crippen LogP contribution < -0.4 is 10.9 Å². The van der Waals surface area contributed by atoms with E-state index in [9.17, 15) is 26.4 Å². The first-order chi connectivity index (χ1) is 14.8. The Hall–Kier alpha value is -3.18. The summed E-state index contributed by atoms with van der Waals surface area (Å²) >= 11 is 0. The lowest BCUT2D eigenvalue weighted by Gasteiger charge is -2.09. The van der Waals surface area contributed by atoms with Crippen LogP contribution in [0.3, 0.4) is 0 Å². The highest BCUT2D eigenvalue weighted by Crippen LogP contribution is 2.33. The molecule has 4 N–H and O–H groups in total. The number of carbonyl (C=O) groups excluding carboxylic acids is 1. The third-order valence-corrected chi connectivity index (χ3v) is 5.18. The largest absolute Gasteiger partial charge is 0.435 e. The first kappa shape index (κ1) is 25.1. The minimum Gasteiger partial charge on any atom is -0.370 e. The van der Waals surface area contributed by atoms with Crippen LogP contribution in [0.2, 0.25) is 0 Å². The summed E-state index contributed by atoms with van der Waals surface area (Å²) < 4.78 is 63.2. The van der Waals surface area contributed by atoms with Crippen molar-refractivity contribution in [1.29, 1.82) is 0 Å². The molecular formula is C21H23F3N4O3S. The van der Waals surface area contributed by atoms with Crippen LogP contribution in [0.1, 0.15) is 31.0 Å². The van der Waals surface area contributed by atoms with Crippen molar-refractivity contribution in [3.63, 3.8) is 0 Å². The van der Waals surface area contributed by atoms with Crippen molar-refractivity contribution in [2.45, 2.75) is 37.8 Å². The zero-order chi connectivity index (χ0) is 24.1. The van der Waals surface area contributed by atoms with Crippen LogP contribution in [0.25, 0.3) is 16.9 Å². The number of aromatic nitrogens is 2. The van der Waals surface area contributed by atoms with Crippen molar-refractivity contribution in [2.75, 3.05) is 0 Å². The van der Waals surface area contributed by atoms with Gasteiger partial charge in [0.2, 0.25) is 15.9 Å². The van der Waals surface area contributed by atoms with Crippen molar-refractivity contribution < 1.29 is 26.4 Å². The molecule has 0 fully saturated rings. The van der Waals surface area contributed by atoms with E-state index in [1.807, 2.05) is 13.8 Å². The van der Waals surface area contributed by atoms with E-state index >= 15 is 0 Å². The molecular weight excluding hydrogens is 445 g/mol. The van der Waals surface area contributed by atoms with Crippen LogP contribution in [-0.4, -0.2) is 24.1 Å². The molecule has 2 aromatic carbocycles. The van der Waals surface area contributed by atoms with Gasteiger partial charge < -0.3 is 5.73 Å². The molecule has 3 aromatic rings. The lowest BCUT2D eigenvalue weighted by atomic mass is 10.1. The van der Waals surface area contributed by atoms with E-state index < -0.39 is 21.9 Å². The number of sulfonamides is 1.